The molecule has 4 heteroatoms. The number of nitrogens with two attached hydrogens (primary N) is 1. The Kier molecular flexibility index (Phi) is 7.20. The van der Waals surface area contributed by atoms with E-state index >= 15 is 0 Å². The zero-order valence-corrected chi connectivity index (χ0v) is 12.4. The molecule has 1 rings (SSSR count). The van der Waals surface area contributed by atoms with E-state index in [2.05, 4.69) is 49.7 Å². The monoisotopic (exact) mass is 262 g/mol. The molecule has 0 aliphatic carbocycles. The highest BCUT2D eigenvalue weighted by Gasteiger charge is 2.30. The molecule has 1 aliphatic rings. The van der Waals surface area contributed by atoms with Crippen LogP contribution >= 0.6 is 23.5 Å². The Morgan fingerprint density at radius 3 is 2.62 bits per heavy atom. The van der Waals surface area contributed by atoms with Crippen LogP contribution in [-0.2, 0) is 0 Å². The third kappa shape index (κ3) is 4.47. The minimum atomic E-state index is 0.499. The minimum absolute atomic E-state index is 0.499. The van der Waals surface area contributed by atoms with Gasteiger partial charge in [-0.25, -0.2) is 0 Å². The third-order valence-corrected chi connectivity index (χ3v) is 6.91. The van der Waals surface area contributed by atoms with Crippen molar-refractivity contribution >= 4 is 23.5 Å². The van der Waals surface area contributed by atoms with Crippen LogP contribution in [0.15, 0.2) is 0 Å². The highest BCUT2D eigenvalue weighted by atomic mass is 32.2. The van der Waals surface area contributed by atoms with Crippen molar-refractivity contribution in [1.29, 1.82) is 0 Å². The van der Waals surface area contributed by atoms with Gasteiger partial charge in [0.15, 0.2) is 0 Å². The lowest BCUT2D eigenvalue weighted by molar-refractivity contribution is 0.466. The molecule has 1 heterocycles. The van der Waals surface area contributed by atoms with Crippen molar-refractivity contribution in [2.75, 3.05) is 5.75 Å². The van der Waals surface area contributed by atoms with Gasteiger partial charge in [0.1, 0.15) is 0 Å². The smallest absolute Gasteiger partial charge is 0.0337 e. The van der Waals surface area contributed by atoms with E-state index in [0.29, 0.717) is 11.3 Å². The third-order valence-electron chi connectivity index (χ3n) is 3.36. The molecule has 0 aromatic heterocycles. The summed E-state index contributed by atoms with van der Waals surface area (Å²) in [5.74, 6) is 6.94. The maximum Gasteiger partial charge on any atom is 0.0337 e. The van der Waals surface area contributed by atoms with E-state index in [1.807, 2.05) is 0 Å². The zero-order valence-electron chi connectivity index (χ0n) is 10.7. The summed E-state index contributed by atoms with van der Waals surface area (Å²) in [5.41, 5.74) is 3.03. The molecule has 3 N–H and O–H groups in total. The second-order valence-corrected chi connectivity index (χ2v) is 7.72. The summed E-state index contributed by atoms with van der Waals surface area (Å²) in [6, 6.07) is 0.499. The van der Waals surface area contributed by atoms with Crippen molar-refractivity contribution in [3.05, 3.63) is 0 Å². The number of nitrogens with one attached hydrogen (secondary N) is 1. The van der Waals surface area contributed by atoms with Crippen molar-refractivity contribution in [2.45, 2.75) is 68.2 Å². The lowest BCUT2D eigenvalue weighted by Gasteiger charge is -2.35. The first-order chi connectivity index (χ1) is 7.69. The van der Waals surface area contributed by atoms with Gasteiger partial charge in [0.05, 0.1) is 0 Å². The average molecular weight is 262 g/mol. The fourth-order valence-electron chi connectivity index (χ4n) is 2.01. The van der Waals surface area contributed by atoms with Gasteiger partial charge in [0.25, 0.3) is 0 Å². The molecule has 4 atom stereocenters. The lowest BCUT2D eigenvalue weighted by atomic mass is 10.1. The predicted octanol–water partition coefficient (Wildman–Crippen LogP) is 3.02. The van der Waals surface area contributed by atoms with Crippen LogP contribution < -0.4 is 11.3 Å². The van der Waals surface area contributed by atoms with E-state index in [4.69, 9.17) is 5.84 Å². The summed E-state index contributed by atoms with van der Waals surface area (Å²) in [5, 5.41) is 2.24. The van der Waals surface area contributed by atoms with Crippen LogP contribution in [0.25, 0.3) is 0 Å². The molecule has 1 aliphatic heterocycles. The van der Waals surface area contributed by atoms with Crippen LogP contribution in [0, 0.1) is 0 Å². The van der Waals surface area contributed by atoms with Gasteiger partial charge in [0, 0.05) is 27.5 Å². The minimum Gasteiger partial charge on any atom is -0.271 e. The van der Waals surface area contributed by atoms with E-state index in [-0.39, 0.29) is 0 Å². The molecule has 96 valence electrons. The fourth-order valence-corrected chi connectivity index (χ4v) is 5.16. The summed E-state index contributed by atoms with van der Waals surface area (Å²) >= 11 is 4.22. The molecule has 0 saturated carbocycles. The molecule has 0 bridgehead atoms. The molecular formula is C12H26N2S2. The standard InChI is InChI=1S/C12H26N2S2/c1-4-5-6-7-11(14-13)12-8-15-9(2)10(3)16-12/h9-12,14H,4-8,13H2,1-3H3. The molecule has 0 radical (unpaired) electrons. The van der Waals surface area contributed by atoms with Crippen molar-refractivity contribution in [3.63, 3.8) is 0 Å². The topological polar surface area (TPSA) is 38.0 Å². The van der Waals surface area contributed by atoms with Crippen LogP contribution in [0.5, 0.6) is 0 Å². The van der Waals surface area contributed by atoms with Gasteiger partial charge >= 0.3 is 0 Å². The number of hydrogen-bond acceptors (Lipinski definition) is 4. The van der Waals surface area contributed by atoms with Crippen molar-refractivity contribution in [2.24, 2.45) is 5.84 Å². The summed E-state index contributed by atoms with van der Waals surface area (Å²) < 4.78 is 0. The van der Waals surface area contributed by atoms with Gasteiger partial charge in [0.2, 0.25) is 0 Å². The van der Waals surface area contributed by atoms with Gasteiger partial charge in [-0.15, -0.1) is 0 Å². The van der Waals surface area contributed by atoms with Gasteiger partial charge in [-0.2, -0.15) is 23.5 Å². The summed E-state index contributed by atoms with van der Waals surface area (Å²) in [4.78, 5) is 0. The first-order valence-corrected chi connectivity index (χ1v) is 8.41. The van der Waals surface area contributed by atoms with Crippen LogP contribution in [0.2, 0.25) is 0 Å². The Hall–Kier alpha value is 0.620. The summed E-state index contributed by atoms with van der Waals surface area (Å²) in [6.45, 7) is 6.93. The largest absolute Gasteiger partial charge is 0.271 e. The number of unbranched alkanes of at least 4 members (excludes halogenated alkanes) is 2. The van der Waals surface area contributed by atoms with E-state index in [9.17, 15) is 0 Å². The Balaban J connectivity index is 2.34. The van der Waals surface area contributed by atoms with E-state index in [0.717, 1.165) is 10.5 Å². The average Bonchev–Trinajstić information content (AvgIpc) is 2.29. The van der Waals surface area contributed by atoms with Crippen molar-refractivity contribution in [3.8, 4) is 0 Å². The number of thioether (sulfide) groups is 2. The van der Waals surface area contributed by atoms with Crippen LogP contribution in [0.4, 0.5) is 0 Å². The Morgan fingerprint density at radius 2 is 2.06 bits per heavy atom. The van der Waals surface area contributed by atoms with Crippen LogP contribution in [0.1, 0.15) is 46.5 Å². The molecule has 0 amide bonds. The first kappa shape index (κ1) is 14.7. The zero-order chi connectivity index (χ0) is 12.0. The van der Waals surface area contributed by atoms with Crippen LogP contribution in [-0.4, -0.2) is 27.5 Å². The molecule has 16 heavy (non-hydrogen) atoms. The van der Waals surface area contributed by atoms with Crippen molar-refractivity contribution < 1.29 is 0 Å². The predicted molar refractivity (Wildman–Crippen MR) is 78.0 cm³/mol. The molecule has 2 nitrogen and oxygen atoms in total. The molecule has 1 saturated heterocycles. The Labute approximate surface area is 109 Å². The maximum atomic E-state index is 5.69. The molecular weight excluding hydrogens is 236 g/mol. The maximum absolute atomic E-state index is 5.69. The summed E-state index contributed by atoms with van der Waals surface area (Å²) in [7, 11) is 0. The second kappa shape index (κ2) is 7.85. The molecule has 0 aromatic rings. The molecule has 0 spiro atoms. The highest BCUT2D eigenvalue weighted by molar-refractivity contribution is 8.07. The lowest BCUT2D eigenvalue weighted by Crippen LogP contribution is -2.46. The molecule has 1 fully saturated rings. The normalized spacial score (nSPS) is 32.6. The van der Waals surface area contributed by atoms with Crippen molar-refractivity contribution in [1.82, 2.24) is 5.43 Å². The number of rotatable bonds is 6. The van der Waals surface area contributed by atoms with E-state index < -0.39 is 0 Å². The second-order valence-electron chi connectivity index (χ2n) is 4.69. The molecule has 0 aromatic carbocycles. The van der Waals surface area contributed by atoms with Crippen LogP contribution in [0.3, 0.4) is 0 Å². The van der Waals surface area contributed by atoms with Gasteiger partial charge in [-0.05, 0) is 6.42 Å². The fraction of sp³-hybridized carbons (Fsp3) is 1.00. The quantitative estimate of drug-likeness (QED) is 0.438. The van der Waals surface area contributed by atoms with E-state index in [1.54, 1.807) is 0 Å². The SMILES string of the molecule is CCCCCC(NN)C1CSC(C)C(C)S1. The van der Waals surface area contributed by atoms with Gasteiger partial charge in [-0.1, -0.05) is 40.0 Å². The number of hydrogen-bond donors (Lipinski definition) is 2. The highest BCUT2D eigenvalue weighted by Crippen LogP contribution is 2.37. The molecule has 4 unspecified atom stereocenters. The summed E-state index contributed by atoms with van der Waals surface area (Å²) in [6.07, 6.45) is 5.15. The van der Waals surface area contributed by atoms with Gasteiger partial charge < -0.3 is 0 Å². The first-order valence-electron chi connectivity index (χ1n) is 6.42. The van der Waals surface area contributed by atoms with Gasteiger partial charge in [-0.3, -0.25) is 11.3 Å². The van der Waals surface area contributed by atoms with E-state index in [1.165, 1.54) is 31.4 Å². The Morgan fingerprint density at radius 1 is 1.31 bits per heavy atom. The number of hydrazine groups is 1. The Bertz CT molecular complexity index is 190.